The second kappa shape index (κ2) is 4.63. The van der Waals surface area contributed by atoms with E-state index in [-0.39, 0.29) is 5.02 Å². The maximum Gasteiger partial charge on any atom is 0.143 e. The molecule has 1 N–H and O–H groups in total. The number of hydrogen-bond acceptors (Lipinski definition) is 1. The molecule has 1 aromatic rings. The first kappa shape index (κ1) is 10.5. The van der Waals surface area contributed by atoms with Crippen LogP contribution in [0.5, 0.6) is 0 Å². The van der Waals surface area contributed by atoms with Crippen molar-refractivity contribution in [3.63, 3.8) is 0 Å². The fraction of sp³-hybridized carbons (Fsp3) is 0.111. The second-order valence-corrected chi connectivity index (χ2v) is 4.03. The fourth-order valence-corrected chi connectivity index (χ4v) is 1.06. The molecule has 0 heterocycles. The van der Waals surface area contributed by atoms with Crippen LogP contribution in [-0.2, 0) is 0 Å². The van der Waals surface area contributed by atoms with E-state index in [1.165, 1.54) is 12.1 Å². The average Bonchev–Trinajstić information content (AvgIpc) is 2.07. The Labute approximate surface area is 89.7 Å². The predicted octanol–water partition coefficient (Wildman–Crippen LogP) is 3.80. The number of rotatable bonds is 3. The van der Waals surface area contributed by atoms with Crippen LogP contribution in [0.1, 0.15) is 0 Å². The summed E-state index contributed by atoms with van der Waals surface area (Å²) in [4.78, 5) is 0. The fourth-order valence-electron chi connectivity index (χ4n) is 0.804. The van der Waals surface area contributed by atoms with Gasteiger partial charge in [0.2, 0.25) is 0 Å². The molecule has 0 spiro atoms. The van der Waals surface area contributed by atoms with Crippen molar-refractivity contribution in [2.75, 3.05) is 11.9 Å². The van der Waals surface area contributed by atoms with Crippen LogP contribution < -0.4 is 5.32 Å². The zero-order chi connectivity index (χ0) is 9.84. The van der Waals surface area contributed by atoms with Gasteiger partial charge < -0.3 is 5.32 Å². The van der Waals surface area contributed by atoms with Crippen LogP contribution in [0, 0.1) is 5.82 Å². The van der Waals surface area contributed by atoms with E-state index in [1.54, 1.807) is 6.07 Å². The summed E-state index contributed by atoms with van der Waals surface area (Å²) in [5.41, 5.74) is 0.683. The van der Waals surface area contributed by atoms with Gasteiger partial charge in [0.1, 0.15) is 5.82 Å². The third-order valence-electron chi connectivity index (χ3n) is 1.40. The van der Waals surface area contributed by atoms with Crippen molar-refractivity contribution in [1.82, 2.24) is 0 Å². The number of halogens is 3. The quantitative estimate of drug-likeness (QED) is 0.875. The van der Waals surface area contributed by atoms with Gasteiger partial charge in [-0.15, -0.1) is 0 Å². The Morgan fingerprint density at radius 3 is 2.85 bits per heavy atom. The van der Waals surface area contributed by atoms with Gasteiger partial charge in [-0.3, -0.25) is 0 Å². The van der Waals surface area contributed by atoms with E-state index in [4.69, 9.17) is 11.6 Å². The minimum Gasteiger partial charge on any atom is -0.380 e. The van der Waals surface area contributed by atoms with Crippen molar-refractivity contribution in [3.8, 4) is 0 Å². The van der Waals surface area contributed by atoms with Crippen LogP contribution in [-0.4, -0.2) is 6.54 Å². The minimum atomic E-state index is -0.424. The highest BCUT2D eigenvalue weighted by Gasteiger charge is 1.99. The van der Waals surface area contributed by atoms with Gasteiger partial charge >= 0.3 is 0 Å². The molecule has 0 radical (unpaired) electrons. The lowest BCUT2D eigenvalue weighted by Crippen LogP contribution is -2.00. The van der Waals surface area contributed by atoms with Crippen molar-refractivity contribution < 1.29 is 4.39 Å². The summed E-state index contributed by atoms with van der Waals surface area (Å²) in [6.45, 7) is 4.20. The van der Waals surface area contributed by atoms with Gasteiger partial charge in [-0.25, -0.2) is 4.39 Å². The van der Waals surface area contributed by atoms with Gasteiger partial charge in [0.15, 0.2) is 0 Å². The Hall–Kier alpha value is -0.540. The molecule has 0 fully saturated rings. The summed E-state index contributed by atoms with van der Waals surface area (Å²) in [5, 5.41) is 3.10. The summed E-state index contributed by atoms with van der Waals surface area (Å²) in [7, 11) is 0. The van der Waals surface area contributed by atoms with Gasteiger partial charge in [0, 0.05) is 16.7 Å². The topological polar surface area (TPSA) is 12.0 Å². The normalized spacial score (nSPS) is 9.77. The molecule has 0 atom stereocenters. The van der Waals surface area contributed by atoms with Crippen LogP contribution in [0.2, 0.25) is 5.02 Å². The maximum absolute atomic E-state index is 12.9. The van der Waals surface area contributed by atoms with E-state index in [0.717, 1.165) is 4.48 Å². The van der Waals surface area contributed by atoms with Crippen molar-refractivity contribution in [1.29, 1.82) is 0 Å². The lowest BCUT2D eigenvalue weighted by molar-refractivity contribution is 0.629. The summed E-state index contributed by atoms with van der Waals surface area (Å²) in [6.07, 6.45) is 0. The molecule has 1 rings (SSSR count). The largest absolute Gasteiger partial charge is 0.380 e. The zero-order valence-electron chi connectivity index (χ0n) is 6.78. The number of nitrogens with one attached hydrogen (secondary N) is 1. The molecular formula is C9H8BrClFN. The van der Waals surface area contributed by atoms with Crippen LogP contribution in [0.25, 0.3) is 0 Å². The Bertz CT molecular complexity index is 327. The Kier molecular flexibility index (Phi) is 3.75. The van der Waals surface area contributed by atoms with E-state index in [0.29, 0.717) is 12.2 Å². The third-order valence-corrected chi connectivity index (χ3v) is 1.99. The monoisotopic (exact) mass is 263 g/mol. The van der Waals surface area contributed by atoms with Gasteiger partial charge in [-0.2, -0.15) is 0 Å². The van der Waals surface area contributed by atoms with Gasteiger partial charge in [-0.05, 0) is 18.2 Å². The second-order valence-electron chi connectivity index (χ2n) is 2.50. The molecule has 1 nitrogen and oxygen atoms in total. The molecule has 0 aliphatic rings. The molecule has 0 amide bonds. The van der Waals surface area contributed by atoms with E-state index in [1.807, 2.05) is 0 Å². The molecule has 0 aromatic heterocycles. The molecule has 0 saturated heterocycles. The molecule has 4 heteroatoms. The Balaban J connectivity index is 2.68. The summed E-state index contributed by atoms with van der Waals surface area (Å²) < 4.78 is 13.7. The standard InChI is InChI=1S/C9H8BrClFN/c1-6(10)5-13-7-2-3-8(11)9(12)4-7/h2-4,13H,1,5H2. The number of hydrogen-bond donors (Lipinski definition) is 1. The van der Waals surface area contributed by atoms with Crippen LogP contribution >= 0.6 is 27.5 Å². The van der Waals surface area contributed by atoms with Crippen molar-refractivity contribution in [3.05, 3.63) is 40.1 Å². The Morgan fingerprint density at radius 2 is 2.31 bits per heavy atom. The van der Waals surface area contributed by atoms with Gasteiger partial charge in [-0.1, -0.05) is 34.1 Å². The van der Waals surface area contributed by atoms with Gasteiger partial charge in [0.05, 0.1) is 5.02 Å². The van der Waals surface area contributed by atoms with Crippen LogP contribution in [0.15, 0.2) is 29.3 Å². The first-order chi connectivity index (χ1) is 6.09. The zero-order valence-corrected chi connectivity index (χ0v) is 9.12. The predicted molar refractivity (Wildman–Crippen MR) is 58.0 cm³/mol. The Morgan fingerprint density at radius 1 is 1.62 bits per heavy atom. The molecule has 1 aromatic carbocycles. The average molecular weight is 265 g/mol. The molecule has 0 aliphatic carbocycles. The third kappa shape index (κ3) is 3.36. The lowest BCUT2D eigenvalue weighted by Gasteiger charge is -2.05. The highest BCUT2D eigenvalue weighted by molar-refractivity contribution is 9.11. The highest BCUT2D eigenvalue weighted by atomic mass is 79.9. The van der Waals surface area contributed by atoms with Crippen molar-refractivity contribution in [2.24, 2.45) is 0 Å². The van der Waals surface area contributed by atoms with Crippen molar-refractivity contribution in [2.45, 2.75) is 0 Å². The van der Waals surface area contributed by atoms with Crippen LogP contribution in [0.4, 0.5) is 10.1 Å². The van der Waals surface area contributed by atoms with E-state index in [2.05, 4.69) is 27.8 Å². The van der Waals surface area contributed by atoms with E-state index < -0.39 is 5.82 Å². The molecule has 13 heavy (non-hydrogen) atoms. The van der Waals surface area contributed by atoms with E-state index in [9.17, 15) is 4.39 Å². The highest BCUT2D eigenvalue weighted by Crippen LogP contribution is 2.18. The molecule has 0 aliphatic heterocycles. The van der Waals surface area contributed by atoms with E-state index >= 15 is 0 Å². The SMILES string of the molecule is C=C(Br)CNc1ccc(Cl)c(F)c1. The number of benzene rings is 1. The maximum atomic E-state index is 12.9. The molecular weight excluding hydrogens is 256 g/mol. The molecule has 0 unspecified atom stereocenters. The molecule has 70 valence electrons. The summed E-state index contributed by atoms with van der Waals surface area (Å²) in [6, 6.07) is 4.57. The van der Waals surface area contributed by atoms with Gasteiger partial charge in [0.25, 0.3) is 0 Å². The first-order valence-electron chi connectivity index (χ1n) is 3.62. The van der Waals surface area contributed by atoms with Crippen LogP contribution in [0.3, 0.4) is 0 Å². The van der Waals surface area contributed by atoms with Crippen molar-refractivity contribution >= 4 is 33.2 Å². The lowest BCUT2D eigenvalue weighted by atomic mass is 10.3. The minimum absolute atomic E-state index is 0.128. The summed E-state index contributed by atoms with van der Waals surface area (Å²) in [5.74, 6) is -0.424. The summed E-state index contributed by atoms with van der Waals surface area (Å²) >= 11 is 8.70. The molecule has 0 bridgehead atoms. The number of anilines is 1. The first-order valence-corrected chi connectivity index (χ1v) is 4.79. The molecule has 0 saturated carbocycles. The smallest absolute Gasteiger partial charge is 0.143 e.